The van der Waals surface area contributed by atoms with Crippen LogP contribution in [-0.2, 0) is 4.79 Å². The maximum atomic E-state index is 11.2. The highest BCUT2D eigenvalue weighted by Gasteiger charge is 2.19. The van der Waals surface area contributed by atoms with E-state index in [-0.39, 0.29) is 11.8 Å². The van der Waals surface area contributed by atoms with Crippen LogP contribution in [0.15, 0.2) is 29.7 Å². The van der Waals surface area contributed by atoms with Crippen LogP contribution in [-0.4, -0.2) is 23.1 Å². The Morgan fingerprint density at radius 3 is 2.85 bits per heavy atom. The molecule has 0 aliphatic heterocycles. The number of aromatic nitrogens is 1. The van der Waals surface area contributed by atoms with Gasteiger partial charge in [0.25, 0.3) is 0 Å². The van der Waals surface area contributed by atoms with Crippen molar-refractivity contribution in [2.24, 2.45) is 5.18 Å². The number of hydrogen-bond donors (Lipinski definition) is 0. The lowest BCUT2D eigenvalue weighted by atomic mass is 10.1. The predicted octanol–water partition coefficient (Wildman–Crippen LogP) is 0.598. The van der Waals surface area contributed by atoms with Gasteiger partial charge in [-0.25, -0.2) is 0 Å². The van der Waals surface area contributed by atoms with Gasteiger partial charge in [-0.05, 0) is 12.1 Å². The molecule has 0 saturated heterocycles. The van der Waals surface area contributed by atoms with Crippen molar-refractivity contribution in [3.05, 3.63) is 35.0 Å². The molecule has 1 atom stereocenters. The maximum absolute atomic E-state index is 11.2. The number of aldehydes is 1. The van der Waals surface area contributed by atoms with Crippen LogP contribution in [0.5, 0.6) is 0 Å². The highest BCUT2D eigenvalue weighted by atomic mass is 16.3. The van der Waals surface area contributed by atoms with E-state index >= 15 is 0 Å². The van der Waals surface area contributed by atoms with E-state index in [1.54, 1.807) is 6.07 Å². The second-order valence-corrected chi connectivity index (χ2v) is 2.29. The Hall–Kier alpha value is -1.91. The Morgan fingerprint density at radius 2 is 2.38 bits per heavy atom. The summed E-state index contributed by atoms with van der Waals surface area (Å²) in [4.78, 5) is 35.2. The van der Waals surface area contributed by atoms with Gasteiger partial charge in [0.2, 0.25) is 6.04 Å². The molecule has 13 heavy (non-hydrogen) atoms. The summed E-state index contributed by atoms with van der Waals surface area (Å²) in [5, 5.41) is 2.39. The number of hydrogen-bond acceptors (Lipinski definition) is 5. The summed E-state index contributed by atoms with van der Waals surface area (Å²) >= 11 is 0. The number of pyridine rings is 1. The van der Waals surface area contributed by atoms with Crippen molar-refractivity contribution >= 4 is 12.1 Å². The van der Waals surface area contributed by atoms with Crippen LogP contribution in [0.4, 0.5) is 0 Å². The molecule has 0 aliphatic carbocycles. The van der Waals surface area contributed by atoms with E-state index in [4.69, 9.17) is 0 Å². The van der Waals surface area contributed by atoms with Crippen molar-refractivity contribution in [2.75, 3.05) is 0 Å². The van der Waals surface area contributed by atoms with E-state index < -0.39 is 11.8 Å². The van der Waals surface area contributed by atoms with E-state index in [1.165, 1.54) is 18.5 Å². The summed E-state index contributed by atoms with van der Waals surface area (Å²) in [6.45, 7) is 0. The molecule has 0 aliphatic rings. The van der Waals surface area contributed by atoms with E-state index in [2.05, 4.69) is 10.2 Å². The smallest absolute Gasteiger partial charge is 0.209 e. The first kappa shape index (κ1) is 9.18. The Morgan fingerprint density at radius 1 is 1.62 bits per heavy atom. The van der Waals surface area contributed by atoms with Crippen LogP contribution < -0.4 is 0 Å². The fourth-order valence-electron chi connectivity index (χ4n) is 0.814. The van der Waals surface area contributed by atoms with Gasteiger partial charge in [-0.2, -0.15) is 0 Å². The third kappa shape index (κ3) is 2.02. The summed E-state index contributed by atoms with van der Waals surface area (Å²) in [5.41, 5.74) is 0.208. The lowest BCUT2D eigenvalue weighted by Gasteiger charge is -1.98. The molecule has 1 aromatic rings. The fourth-order valence-corrected chi connectivity index (χ4v) is 0.814. The van der Waals surface area contributed by atoms with Crippen LogP contribution in [0.25, 0.3) is 0 Å². The van der Waals surface area contributed by atoms with Gasteiger partial charge < -0.3 is 4.79 Å². The molecule has 0 N–H and O–H groups in total. The summed E-state index contributed by atoms with van der Waals surface area (Å²) in [7, 11) is 0. The summed E-state index contributed by atoms with van der Waals surface area (Å²) in [6.07, 6.45) is 2.98. The molecule has 0 spiro atoms. The van der Waals surface area contributed by atoms with Crippen LogP contribution in [0.1, 0.15) is 10.4 Å². The summed E-state index contributed by atoms with van der Waals surface area (Å²) in [6, 6.07) is 1.56. The van der Waals surface area contributed by atoms with E-state index in [1.807, 2.05) is 0 Å². The zero-order valence-electron chi connectivity index (χ0n) is 6.58. The molecule has 1 heterocycles. The first-order valence-electron chi connectivity index (χ1n) is 3.51. The number of nitrogens with zero attached hydrogens (tertiary/aromatic N) is 2. The molecular formula is C8H6N2O3. The Bertz CT molecular complexity index is 315. The molecule has 0 bridgehead atoms. The van der Waals surface area contributed by atoms with Gasteiger partial charge in [0, 0.05) is 18.0 Å². The van der Waals surface area contributed by atoms with E-state index in [9.17, 15) is 14.5 Å². The van der Waals surface area contributed by atoms with Gasteiger partial charge in [-0.1, -0.05) is 5.18 Å². The SMILES string of the molecule is O=CC(N=O)C(=O)c1cccnc1. The van der Waals surface area contributed by atoms with Crippen molar-refractivity contribution in [3.8, 4) is 0 Å². The Balaban J connectivity index is 2.90. The van der Waals surface area contributed by atoms with Gasteiger partial charge >= 0.3 is 0 Å². The second kappa shape index (κ2) is 4.20. The van der Waals surface area contributed by atoms with Crippen molar-refractivity contribution in [1.82, 2.24) is 4.98 Å². The number of ketones is 1. The minimum Gasteiger partial charge on any atom is -0.300 e. The lowest BCUT2D eigenvalue weighted by molar-refractivity contribution is -0.108. The molecule has 1 aromatic heterocycles. The lowest BCUT2D eigenvalue weighted by Crippen LogP contribution is -2.19. The number of carbonyl (C=O) groups is 2. The molecule has 1 rings (SSSR count). The van der Waals surface area contributed by atoms with Gasteiger partial charge in [0.05, 0.1) is 0 Å². The molecule has 0 saturated carbocycles. The van der Waals surface area contributed by atoms with Crippen molar-refractivity contribution < 1.29 is 9.59 Å². The van der Waals surface area contributed by atoms with E-state index in [0.717, 1.165) is 0 Å². The third-order valence-electron chi connectivity index (χ3n) is 1.46. The average molecular weight is 178 g/mol. The zero-order valence-corrected chi connectivity index (χ0v) is 6.58. The van der Waals surface area contributed by atoms with Crippen LogP contribution in [0.2, 0.25) is 0 Å². The van der Waals surface area contributed by atoms with Gasteiger partial charge in [-0.3, -0.25) is 9.78 Å². The maximum Gasteiger partial charge on any atom is 0.209 e. The second-order valence-electron chi connectivity index (χ2n) is 2.29. The molecule has 0 fully saturated rings. The highest BCUT2D eigenvalue weighted by molar-refractivity contribution is 6.08. The zero-order chi connectivity index (χ0) is 9.68. The average Bonchev–Trinajstić information content (AvgIpc) is 2.21. The highest BCUT2D eigenvalue weighted by Crippen LogP contribution is 2.02. The van der Waals surface area contributed by atoms with Gasteiger partial charge in [0.1, 0.15) is 0 Å². The topological polar surface area (TPSA) is 76.5 Å². The molecule has 0 amide bonds. The fraction of sp³-hybridized carbons (Fsp3) is 0.125. The number of nitroso groups, excluding NO2 is 1. The van der Waals surface area contributed by atoms with Crippen LogP contribution in [0, 0.1) is 4.91 Å². The third-order valence-corrected chi connectivity index (χ3v) is 1.46. The molecule has 0 radical (unpaired) electrons. The Kier molecular flexibility index (Phi) is 2.97. The molecule has 5 heteroatoms. The van der Waals surface area contributed by atoms with Crippen molar-refractivity contribution in [2.45, 2.75) is 6.04 Å². The monoisotopic (exact) mass is 178 g/mol. The standard InChI is InChI=1S/C8H6N2O3/c11-5-7(10-13)8(12)6-2-1-3-9-4-6/h1-5,7H. The predicted molar refractivity (Wildman–Crippen MR) is 44.2 cm³/mol. The molecule has 5 nitrogen and oxygen atoms in total. The van der Waals surface area contributed by atoms with Gasteiger partial charge in [0.15, 0.2) is 12.1 Å². The van der Waals surface area contributed by atoms with Crippen molar-refractivity contribution in [3.63, 3.8) is 0 Å². The molecular weight excluding hydrogens is 172 g/mol. The number of rotatable bonds is 4. The van der Waals surface area contributed by atoms with E-state index in [0.29, 0.717) is 0 Å². The normalized spacial score (nSPS) is 11.7. The molecule has 0 aromatic carbocycles. The number of carbonyl (C=O) groups excluding carboxylic acids is 2. The van der Waals surface area contributed by atoms with Crippen LogP contribution >= 0.6 is 0 Å². The summed E-state index contributed by atoms with van der Waals surface area (Å²) in [5.74, 6) is -0.627. The van der Waals surface area contributed by atoms with Gasteiger partial charge in [-0.15, -0.1) is 4.91 Å². The first-order chi connectivity index (χ1) is 6.29. The largest absolute Gasteiger partial charge is 0.300 e. The Labute approximate surface area is 73.8 Å². The molecule has 66 valence electrons. The minimum absolute atomic E-state index is 0.208. The summed E-state index contributed by atoms with van der Waals surface area (Å²) < 4.78 is 0. The quantitative estimate of drug-likeness (QED) is 0.293. The minimum atomic E-state index is -1.45. The molecule has 1 unspecified atom stereocenters. The van der Waals surface area contributed by atoms with Crippen LogP contribution in [0.3, 0.4) is 0 Å². The van der Waals surface area contributed by atoms with Crippen molar-refractivity contribution in [1.29, 1.82) is 0 Å². The first-order valence-corrected chi connectivity index (χ1v) is 3.51. The number of Topliss-reactive ketones (excluding diaryl/α,β-unsaturated/α-hetero) is 1.